The first kappa shape index (κ1) is 21.4. The van der Waals surface area contributed by atoms with E-state index in [-0.39, 0.29) is 6.03 Å². The van der Waals surface area contributed by atoms with E-state index in [1.165, 1.54) is 4.90 Å². The third kappa shape index (κ3) is 9.92. The first-order valence-electron chi connectivity index (χ1n) is 8.34. The van der Waals surface area contributed by atoms with Crippen LogP contribution < -0.4 is 5.32 Å². The zero-order valence-corrected chi connectivity index (χ0v) is 14.5. The molecular weight excluding hydrogens is 290 g/mol. The number of amides is 2. The van der Waals surface area contributed by atoms with Crippen LogP contribution in [-0.2, 0) is 0 Å². The minimum atomic E-state index is -0.973. The molecule has 2 N–H and O–H groups in total. The van der Waals surface area contributed by atoms with E-state index in [2.05, 4.69) is 25.1 Å². The van der Waals surface area contributed by atoms with Crippen LogP contribution in [-0.4, -0.2) is 54.0 Å². The number of nitrogens with zero attached hydrogens (tertiary/aromatic N) is 2. The molecule has 1 unspecified atom stereocenters. The molecule has 0 rings (SSSR count). The SMILES string of the molecule is C=CCCCNC(O)N(CCCC=C)C(=O)N(C)CCCC=C. The summed E-state index contributed by atoms with van der Waals surface area (Å²) in [5.41, 5.74) is 0. The normalized spacial score (nSPS) is 11.6. The fraction of sp³-hybridized carbons (Fsp3) is 0.611. The number of aliphatic hydroxyl groups excluding tert-OH is 1. The van der Waals surface area contributed by atoms with Crippen LogP contribution in [0.15, 0.2) is 38.0 Å². The summed E-state index contributed by atoms with van der Waals surface area (Å²) in [6.07, 6.45) is 9.62. The number of unbranched alkanes of at least 4 members (excludes halogenated alkanes) is 3. The predicted octanol–water partition coefficient (Wildman–Crippen LogP) is 3.10. The Labute approximate surface area is 141 Å². The average molecular weight is 323 g/mol. The maximum absolute atomic E-state index is 12.5. The van der Waals surface area contributed by atoms with Crippen molar-refractivity contribution in [3.05, 3.63) is 38.0 Å². The van der Waals surface area contributed by atoms with Gasteiger partial charge in [0.1, 0.15) is 0 Å². The van der Waals surface area contributed by atoms with Gasteiger partial charge in [-0.1, -0.05) is 18.2 Å². The summed E-state index contributed by atoms with van der Waals surface area (Å²) in [7, 11) is 1.76. The van der Waals surface area contributed by atoms with Crippen LogP contribution in [0.25, 0.3) is 0 Å². The van der Waals surface area contributed by atoms with Gasteiger partial charge in [0.15, 0.2) is 6.35 Å². The van der Waals surface area contributed by atoms with Gasteiger partial charge in [-0.05, 0) is 45.1 Å². The maximum Gasteiger partial charge on any atom is 0.322 e. The van der Waals surface area contributed by atoms with Gasteiger partial charge in [-0.3, -0.25) is 10.2 Å². The van der Waals surface area contributed by atoms with Crippen molar-refractivity contribution in [2.24, 2.45) is 0 Å². The lowest BCUT2D eigenvalue weighted by atomic mass is 10.3. The van der Waals surface area contributed by atoms with E-state index in [0.717, 1.165) is 38.5 Å². The Hall–Kier alpha value is -1.59. The molecule has 0 aliphatic rings. The minimum Gasteiger partial charge on any atom is -0.361 e. The van der Waals surface area contributed by atoms with E-state index >= 15 is 0 Å². The standard InChI is InChI=1S/C18H33N3O2/c1-5-8-11-14-19-17(22)21(16-13-10-7-3)18(23)20(4)15-12-9-6-2/h5-7,17,19,22H,1-3,8-16H2,4H3. The van der Waals surface area contributed by atoms with Crippen molar-refractivity contribution in [1.82, 2.24) is 15.1 Å². The Morgan fingerprint density at radius 1 is 1.04 bits per heavy atom. The van der Waals surface area contributed by atoms with Crippen LogP contribution in [0.5, 0.6) is 0 Å². The lowest BCUT2D eigenvalue weighted by molar-refractivity contribution is -0.00436. The zero-order chi connectivity index (χ0) is 17.5. The molecule has 0 spiro atoms. The number of allylic oxidation sites excluding steroid dienone is 3. The summed E-state index contributed by atoms with van der Waals surface area (Å²) in [5, 5.41) is 13.3. The van der Waals surface area contributed by atoms with E-state index in [1.807, 2.05) is 18.2 Å². The van der Waals surface area contributed by atoms with Crippen molar-refractivity contribution < 1.29 is 9.90 Å². The number of urea groups is 1. The number of nitrogens with one attached hydrogen (secondary N) is 1. The predicted molar refractivity (Wildman–Crippen MR) is 97.0 cm³/mol. The van der Waals surface area contributed by atoms with Crippen LogP contribution in [0.3, 0.4) is 0 Å². The van der Waals surface area contributed by atoms with Crippen molar-refractivity contribution in [3.63, 3.8) is 0 Å². The van der Waals surface area contributed by atoms with E-state index in [4.69, 9.17) is 0 Å². The van der Waals surface area contributed by atoms with Gasteiger partial charge in [-0.2, -0.15) is 0 Å². The third-order valence-electron chi connectivity index (χ3n) is 3.49. The fourth-order valence-electron chi connectivity index (χ4n) is 2.10. The molecule has 0 saturated carbocycles. The Bertz CT molecular complexity index is 358. The highest BCUT2D eigenvalue weighted by Gasteiger charge is 2.23. The first-order valence-corrected chi connectivity index (χ1v) is 8.34. The van der Waals surface area contributed by atoms with Crippen LogP contribution in [0.2, 0.25) is 0 Å². The van der Waals surface area contributed by atoms with Gasteiger partial charge >= 0.3 is 6.03 Å². The molecule has 0 aromatic rings. The molecule has 132 valence electrons. The van der Waals surface area contributed by atoms with E-state index in [9.17, 15) is 9.90 Å². The second-order valence-corrected chi connectivity index (χ2v) is 5.52. The van der Waals surface area contributed by atoms with Gasteiger partial charge in [-0.25, -0.2) is 4.79 Å². The van der Waals surface area contributed by atoms with Crippen LogP contribution >= 0.6 is 0 Å². The molecule has 2 amide bonds. The highest BCUT2D eigenvalue weighted by molar-refractivity contribution is 5.74. The fourth-order valence-corrected chi connectivity index (χ4v) is 2.10. The van der Waals surface area contributed by atoms with Crippen molar-refractivity contribution in [2.45, 2.75) is 44.9 Å². The van der Waals surface area contributed by atoms with Gasteiger partial charge in [0.25, 0.3) is 0 Å². The lowest BCUT2D eigenvalue weighted by Crippen LogP contribution is -2.53. The molecule has 0 heterocycles. The van der Waals surface area contributed by atoms with E-state index in [0.29, 0.717) is 19.6 Å². The number of carbonyl (C=O) groups excluding carboxylic acids is 1. The molecular formula is C18H33N3O2. The van der Waals surface area contributed by atoms with E-state index in [1.54, 1.807) is 11.9 Å². The Kier molecular flexibility index (Phi) is 13.1. The number of carbonyl (C=O) groups is 1. The summed E-state index contributed by atoms with van der Waals surface area (Å²) >= 11 is 0. The highest BCUT2D eigenvalue weighted by Crippen LogP contribution is 2.06. The van der Waals surface area contributed by atoms with Crippen molar-refractivity contribution in [1.29, 1.82) is 0 Å². The molecule has 5 nitrogen and oxygen atoms in total. The molecule has 0 radical (unpaired) electrons. The summed E-state index contributed by atoms with van der Waals surface area (Å²) in [6, 6.07) is -0.165. The van der Waals surface area contributed by atoms with Gasteiger partial charge in [0.05, 0.1) is 0 Å². The van der Waals surface area contributed by atoms with Crippen LogP contribution in [0.1, 0.15) is 38.5 Å². The van der Waals surface area contributed by atoms with Crippen molar-refractivity contribution in [2.75, 3.05) is 26.7 Å². The van der Waals surface area contributed by atoms with Crippen molar-refractivity contribution in [3.8, 4) is 0 Å². The second kappa shape index (κ2) is 14.0. The lowest BCUT2D eigenvalue weighted by Gasteiger charge is -2.32. The summed E-state index contributed by atoms with van der Waals surface area (Å²) in [6.45, 7) is 12.8. The number of hydrogen-bond acceptors (Lipinski definition) is 3. The van der Waals surface area contributed by atoms with E-state index < -0.39 is 6.35 Å². The van der Waals surface area contributed by atoms with Gasteiger partial charge in [0, 0.05) is 20.1 Å². The largest absolute Gasteiger partial charge is 0.361 e. The molecule has 0 bridgehead atoms. The van der Waals surface area contributed by atoms with Crippen molar-refractivity contribution >= 4 is 6.03 Å². The molecule has 0 aliphatic heterocycles. The zero-order valence-electron chi connectivity index (χ0n) is 14.5. The molecule has 0 fully saturated rings. The Morgan fingerprint density at radius 3 is 2.13 bits per heavy atom. The molecule has 0 aromatic heterocycles. The molecule has 5 heteroatoms. The number of hydrogen-bond donors (Lipinski definition) is 2. The first-order chi connectivity index (χ1) is 11.1. The summed E-state index contributed by atoms with van der Waals surface area (Å²) in [4.78, 5) is 15.7. The molecule has 0 aromatic carbocycles. The smallest absolute Gasteiger partial charge is 0.322 e. The van der Waals surface area contributed by atoms with Crippen LogP contribution in [0, 0.1) is 0 Å². The Balaban J connectivity index is 4.55. The second-order valence-electron chi connectivity index (χ2n) is 5.52. The van der Waals surface area contributed by atoms with Gasteiger partial charge in [-0.15, -0.1) is 19.7 Å². The molecule has 23 heavy (non-hydrogen) atoms. The van der Waals surface area contributed by atoms with Gasteiger partial charge < -0.3 is 10.0 Å². The molecule has 0 saturated heterocycles. The van der Waals surface area contributed by atoms with Gasteiger partial charge in [0.2, 0.25) is 0 Å². The topological polar surface area (TPSA) is 55.8 Å². The summed E-state index contributed by atoms with van der Waals surface area (Å²) < 4.78 is 0. The number of aliphatic hydroxyl groups is 1. The monoisotopic (exact) mass is 323 g/mol. The Morgan fingerprint density at radius 2 is 1.57 bits per heavy atom. The average Bonchev–Trinajstić information content (AvgIpc) is 2.55. The van der Waals surface area contributed by atoms with Crippen LogP contribution in [0.4, 0.5) is 4.79 Å². The quantitative estimate of drug-likeness (QED) is 0.293. The third-order valence-corrected chi connectivity index (χ3v) is 3.49. The summed E-state index contributed by atoms with van der Waals surface area (Å²) in [5.74, 6) is 0. The maximum atomic E-state index is 12.5. The molecule has 1 atom stereocenters. The molecule has 0 aliphatic carbocycles. The highest BCUT2D eigenvalue weighted by atomic mass is 16.3. The number of rotatable bonds is 14. The minimum absolute atomic E-state index is 0.165.